The third-order valence-corrected chi connectivity index (χ3v) is 1.63. The van der Waals surface area contributed by atoms with Crippen LogP contribution in [0.2, 0.25) is 0 Å². The minimum absolute atomic E-state index is 0.133. The molecule has 1 atom stereocenters. The van der Waals surface area contributed by atoms with Crippen molar-refractivity contribution < 1.29 is 19.1 Å². The van der Waals surface area contributed by atoms with Crippen molar-refractivity contribution >= 4 is 11.9 Å². The first kappa shape index (κ1) is 16.5. The van der Waals surface area contributed by atoms with E-state index in [1.54, 1.807) is 34.6 Å². The van der Waals surface area contributed by atoms with Crippen molar-refractivity contribution in [1.29, 1.82) is 0 Å². The van der Waals surface area contributed by atoms with Crippen molar-refractivity contribution in [1.82, 2.24) is 5.32 Å². The molecule has 0 rings (SSSR count). The number of esters is 2. The number of carbonyl (C=O) groups is 2. The van der Waals surface area contributed by atoms with E-state index in [1.807, 2.05) is 0 Å². The fraction of sp³-hybridized carbons (Fsp3) is 0.692. The molecule has 0 saturated carbocycles. The van der Waals surface area contributed by atoms with Gasteiger partial charge >= 0.3 is 11.9 Å². The highest BCUT2D eigenvalue weighted by Gasteiger charge is 2.24. The van der Waals surface area contributed by atoms with E-state index in [-0.39, 0.29) is 12.6 Å². The Morgan fingerprint density at radius 2 is 1.89 bits per heavy atom. The molecule has 5 nitrogen and oxygen atoms in total. The summed E-state index contributed by atoms with van der Waals surface area (Å²) in [5, 5.41) is 2.61. The fourth-order valence-electron chi connectivity index (χ4n) is 1.06. The molecule has 18 heavy (non-hydrogen) atoms. The minimum atomic E-state index is -0.955. The Morgan fingerprint density at radius 1 is 1.33 bits per heavy atom. The molecule has 0 spiro atoms. The highest BCUT2D eigenvalue weighted by Crippen LogP contribution is 2.08. The molecule has 0 amide bonds. The van der Waals surface area contributed by atoms with Crippen LogP contribution in [0.3, 0.4) is 0 Å². The van der Waals surface area contributed by atoms with Crippen LogP contribution in [0.25, 0.3) is 0 Å². The average Bonchev–Trinajstić information content (AvgIpc) is 2.14. The molecular weight excluding hydrogens is 234 g/mol. The second-order valence-electron chi connectivity index (χ2n) is 5.05. The lowest BCUT2D eigenvalue weighted by Crippen LogP contribution is -2.43. The molecule has 102 valence electrons. The van der Waals surface area contributed by atoms with Gasteiger partial charge in [-0.3, -0.25) is 10.1 Å². The predicted octanol–water partition coefficient (Wildman–Crippen LogP) is 0.871. The van der Waals surface area contributed by atoms with Crippen LogP contribution in [-0.2, 0) is 19.1 Å². The van der Waals surface area contributed by atoms with E-state index in [9.17, 15) is 9.59 Å². The van der Waals surface area contributed by atoms with Crippen LogP contribution in [0.15, 0.2) is 0 Å². The second kappa shape index (κ2) is 7.02. The van der Waals surface area contributed by atoms with Gasteiger partial charge in [0.2, 0.25) is 0 Å². The van der Waals surface area contributed by atoms with Gasteiger partial charge in [-0.05, 0) is 34.6 Å². The number of nitrogens with one attached hydrogen (secondary N) is 1. The van der Waals surface area contributed by atoms with Crippen LogP contribution >= 0.6 is 0 Å². The largest absolute Gasteiger partial charge is 0.462 e. The third-order valence-electron chi connectivity index (χ3n) is 1.63. The molecule has 0 aliphatic heterocycles. The number of hydrogen-bond acceptors (Lipinski definition) is 5. The number of hydrogen-bond donors (Lipinski definition) is 1. The summed E-state index contributed by atoms with van der Waals surface area (Å²) in [5.74, 6) is 1.19. The van der Waals surface area contributed by atoms with E-state index in [2.05, 4.69) is 11.2 Å². The normalized spacial score (nSPS) is 12.7. The van der Waals surface area contributed by atoms with Gasteiger partial charge in [0.25, 0.3) is 0 Å². The van der Waals surface area contributed by atoms with Crippen molar-refractivity contribution in [2.24, 2.45) is 0 Å². The Balaban J connectivity index is 4.25. The molecule has 0 saturated heterocycles. The summed E-state index contributed by atoms with van der Waals surface area (Å²) in [6.07, 6.45) is 5.01. The van der Waals surface area contributed by atoms with Crippen molar-refractivity contribution in [3.8, 4) is 12.3 Å². The van der Waals surface area contributed by atoms with Crippen LogP contribution in [0, 0.1) is 12.3 Å². The second-order valence-corrected chi connectivity index (χ2v) is 5.05. The first-order valence-corrected chi connectivity index (χ1v) is 5.77. The molecule has 0 radical (unpaired) electrons. The molecule has 0 aliphatic rings. The zero-order valence-electron chi connectivity index (χ0n) is 11.6. The summed E-state index contributed by atoms with van der Waals surface area (Å²) in [7, 11) is 0. The first-order chi connectivity index (χ1) is 8.15. The first-order valence-electron chi connectivity index (χ1n) is 5.77. The molecule has 0 aliphatic carbocycles. The van der Waals surface area contributed by atoms with E-state index in [0.717, 1.165) is 0 Å². The van der Waals surface area contributed by atoms with Gasteiger partial charge in [0.05, 0.1) is 12.6 Å². The topological polar surface area (TPSA) is 64.6 Å². The molecule has 0 aromatic heterocycles. The Hall–Kier alpha value is -1.54. The molecule has 0 bridgehead atoms. The van der Waals surface area contributed by atoms with E-state index >= 15 is 0 Å². The standard InChI is InChI=1S/C13H21NO4/c1-7-10(12(16)18-13(4,5)6)14-8-11(15)17-9(2)3/h1,9-10,14H,8H2,2-6H3. The number of rotatable bonds is 5. The Labute approximate surface area is 108 Å². The Kier molecular flexibility index (Phi) is 6.42. The van der Waals surface area contributed by atoms with Crippen molar-refractivity contribution in [3.63, 3.8) is 0 Å². The van der Waals surface area contributed by atoms with Gasteiger partial charge in [-0.15, -0.1) is 6.42 Å². The maximum Gasteiger partial charge on any atom is 0.336 e. The van der Waals surface area contributed by atoms with Crippen molar-refractivity contribution in [3.05, 3.63) is 0 Å². The van der Waals surface area contributed by atoms with Gasteiger partial charge in [0, 0.05) is 0 Å². The lowest BCUT2D eigenvalue weighted by atomic mass is 10.2. The maximum atomic E-state index is 11.6. The molecule has 1 unspecified atom stereocenters. The smallest absolute Gasteiger partial charge is 0.336 e. The Bertz CT molecular complexity index is 336. The Morgan fingerprint density at radius 3 is 2.28 bits per heavy atom. The average molecular weight is 255 g/mol. The van der Waals surface area contributed by atoms with Crippen LogP contribution in [0.5, 0.6) is 0 Å². The van der Waals surface area contributed by atoms with Gasteiger partial charge in [0.15, 0.2) is 6.04 Å². The van der Waals surface area contributed by atoms with Crippen LogP contribution in [0.1, 0.15) is 34.6 Å². The predicted molar refractivity (Wildman–Crippen MR) is 67.7 cm³/mol. The van der Waals surface area contributed by atoms with E-state index in [4.69, 9.17) is 15.9 Å². The van der Waals surface area contributed by atoms with E-state index in [1.165, 1.54) is 0 Å². The lowest BCUT2D eigenvalue weighted by molar-refractivity contribution is -0.156. The summed E-state index contributed by atoms with van der Waals surface area (Å²) in [6, 6.07) is -0.955. The van der Waals surface area contributed by atoms with Gasteiger partial charge in [-0.2, -0.15) is 0 Å². The summed E-state index contributed by atoms with van der Waals surface area (Å²) >= 11 is 0. The molecule has 0 aromatic rings. The number of ether oxygens (including phenoxy) is 2. The van der Waals surface area contributed by atoms with Crippen LogP contribution in [-0.4, -0.2) is 36.2 Å². The molecule has 0 fully saturated rings. The number of carbonyl (C=O) groups excluding carboxylic acids is 2. The SMILES string of the molecule is C#CC(NCC(=O)OC(C)C)C(=O)OC(C)(C)C. The van der Waals surface area contributed by atoms with Gasteiger partial charge in [0.1, 0.15) is 5.60 Å². The molecule has 1 N–H and O–H groups in total. The summed E-state index contributed by atoms with van der Waals surface area (Å²) in [5.41, 5.74) is -0.619. The third kappa shape index (κ3) is 7.69. The fourth-order valence-corrected chi connectivity index (χ4v) is 1.06. The quantitative estimate of drug-likeness (QED) is 0.583. The van der Waals surface area contributed by atoms with Crippen molar-refractivity contribution in [2.45, 2.75) is 52.4 Å². The zero-order chi connectivity index (χ0) is 14.3. The minimum Gasteiger partial charge on any atom is -0.462 e. The maximum absolute atomic E-state index is 11.6. The van der Waals surface area contributed by atoms with E-state index < -0.39 is 23.6 Å². The summed E-state index contributed by atoms with van der Waals surface area (Å²) < 4.78 is 10.0. The van der Waals surface area contributed by atoms with Crippen molar-refractivity contribution in [2.75, 3.05) is 6.54 Å². The molecule has 0 heterocycles. The molecule has 5 heteroatoms. The summed E-state index contributed by atoms with van der Waals surface area (Å²) in [4.78, 5) is 22.9. The zero-order valence-corrected chi connectivity index (χ0v) is 11.6. The van der Waals surface area contributed by atoms with E-state index in [0.29, 0.717) is 0 Å². The summed E-state index contributed by atoms with van der Waals surface area (Å²) in [6.45, 7) is 8.57. The number of terminal acetylenes is 1. The van der Waals surface area contributed by atoms with Gasteiger partial charge < -0.3 is 9.47 Å². The van der Waals surface area contributed by atoms with Crippen LogP contribution in [0.4, 0.5) is 0 Å². The van der Waals surface area contributed by atoms with Gasteiger partial charge in [-0.25, -0.2) is 4.79 Å². The monoisotopic (exact) mass is 255 g/mol. The molecular formula is C13H21NO4. The van der Waals surface area contributed by atoms with Gasteiger partial charge in [-0.1, -0.05) is 5.92 Å². The highest BCUT2D eigenvalue weighted by molar-refractivity contribution is 5.81. The molecule has 0 aromatic carbocycles. The van der Waals surface area contributed by atoms with Crippen LogP contribution < -0.4 is 5.32 Å². The lowest BCUT2D eigenvalue weighted by Gasteiger charge is -2.22. The highest BCUT2D eigenvalue weighted by atomic mass is 16.6.